The molecule has 1 amide bonds. The van der Waals surface area contributed by atoms with Crippen LogP contribution in [0.1, 0.15) is 51.4 Å². The Balaban J connectivity index is 3.29. The average Bonchev–Trinajstić information content (AvgIpc) is 2.55. The number of nitrogens with zero attached hydrogens (tertiary/aromatic N) is 1. The van der Waals surface area contributed by atoms with Gasteiger partial charge in [-0.2, -0.15) is 0 Å². The third-order valence-corrected chi connectivity index (χ3v) is 3.73. The molecule has 1 unspecified atom stereocenters. The first-order valence-corrected chi connectivity index (χ1v) is 8.33. The molecule has 1 aromatic rings. The fraction of sp³-hybridized carbons (Fsp3) is 0.611. The number of hydrogen-bond donors (Lipinski definition) is 0. The van der Waals surface area contributed by atoms with Crippen LogP contribution < -0.4 is 14.2 Å². The lowest BCUT2D eigenvalue weighted by Gasteiger charge is -2.25. The Morgan fingerprint density at radius 2 is 1.48 bits per heavy atom. The lowest BCUT2D eigenvalue weighted by atomic mass is 10.1. The Morgan fingerprint density at radius 3 is 1.87 bits per heavy atom. The lowest BCUT2D eigenvalue weighted by molar-refractivity contribution is 0.0739. The second-order valence-corrected chi connectivity index (χ2v) is 5.27. The van der Waals surface area contributed by atoms with Crippen molar-refractivity contribution in [3.63, 3.8) is 0 Å². The van der Waals surface area contributed by atoms with Crippen molar-refractivity contribution in [3.8, 4) is 17.2 Å². The normalized spacial score (nSPS) is 11.7. The molecule has 1 aromatic carbocycles. The van der Waals surface area contributed by atoms with Gasteiger partial charge in [0.25, 0.3) is 5.91 Å². The van der Waals surface area contributed by atoms with Crippen molar-refractivity contribution in [2.75, 3.05) is 26.9 Å². The summed E-state index contributed by atoms with van der Waals surface area (Å²) >= 11 is 0. The van der Waals surface area contributed by atoms with Crippen molar-refractivity contribution in [2.24, 2.45) is 0 Å². The van der Waals surface area contributed by atoms with Crippen molar-refractivity contribution in [3.05, 3.63) is 17.7 Å². The van der Waals surface area contributed by atoms with Gasteiger partial charge in [-0.25, -0.2) is 0 Å². The fourth-order valence-electron chi connectivity index (χ4n) is 2.19. The van der Waals surface area contributed by atoms with Gasteiger partial charge in [0, 0.05) is 18.7 Å². The average molecular weight is 323 g/mol. The van der Waals surface area contributed by atoms with Crippen LogP contribution >= 0.6 is 0 Å². The Morgan fingerprint density at radius 1 is 1.00 bits per heavy atom. The Kier molecular flexibility index (Phi) is 7.72. The van der Waals surface area contributed by atoms with Gasteiger partial charge in [0.05, 0.1) is 19.8 Å². The van der Waals surface area contributed by atoms with Crippen molar-refractivity contribution in [1.29, 1.82) is 0 Å². The summed E-state index contributed by atoms with van der Waals surface area (Å²) in [6.07, 6.45) is 0.899. The van der Waals surface area contributed by atoms with Crippen molar-refractivity contribution >= 4 is 5.91 Å². The molecule has 23 heavy (non-hydrogen) atoms. The molecule has 0 aliphatic carbocycles. The number of carbonyl (C=O) groups excluding carboxylic acids is 1. The van der Waals surface area contributed by atoms with Crippen LogP contribution in [0.4, 0.5) is 0 Å². The molecule has 5 nitrogen and oxygen atoms in total. The molecular formula is C18H29NO4. The molecule has 0 saturated heterocycles. The zero-order chi connectivity index (χ0) is 17.4. The van der Waals surface area contributed by atoms with E-state index in [2.05, 4.69) is 6.92 Å². The van der Waals surface area contributed by atoms with E-state index >= 15 is 0 Å². The summed E-state index contributed by atoms with van der Waals surface area (Å²) in [7, 11) is 1.81. The number of ether oxygens (including phenoxy) is 3. The smallest absolute Gasteiger partial charge is 0.254 e. The van der Waals surface area contributed by atoms with Gasteiger partial charge in [-0.05, 0) is 46.2 Å². The first-order chi connectivity index (χ1) is 11.0. The number of amides is 1. The van der Waals surface area contributed by atoms with Crippen LogP contribution in [0.5, 0.6) is 17.2 Å². The van der Waals surface area contributed by atoms with Gasteiger partial charge in [-0.1, -0.05) is 6.92 Å². The SMILES string of the molecule is CCOc1cc(C(=O)N(C)C(C)CC)cc(OCC)c1OCC. The second kappa shape index (κ2) is 9.28. The quantitative estimate of drug-likeness (QED) is 0.694. The van der Waals surface area contributed by atoms with Gasteiger partial charge in [0.2, 0.25) is 5.75 Å². The first-order valence-electron chi connectivity index (χ1n) is 8.33. The summed E-state index contributed by atoms with van der Waals surface area (Å²) in [6.45, 7) is 11.3. The van der Waals surface area contributed by atoms with Crippen molar-refractivity contribution in [1.82, 2.24) is 4.90 Å². The van der Waals surface area contributed by atoms with Crippen LogP contribution in [-0.2, 0) is 0 Å². The van der Waals surface area contributed by atoms with Gasteiger partial charge in [0.1, 0.15) is 0 Å². The predicted octanol–water partition coefficient (Wildman–Crippen LogP) is 3.75. The number of benzene rings is 1. The molecule has 0 aromatic heterocycles. The summed E-state index contributed by atoms with van der Waals surface area (Å²) < 4.78 is 17.0. The monoisotopic (exact) mass is 323 g/mol. The predicted molar refractivity (Wildman–Crippen MR) is 91.8 cm³/mol. The van der Waals surface area contributed by atoms with Crippen LogP contribution in [0, 0.1) is 0 Å². The van der Waals surface area contributed by atoms with E-state index < -0.39 is 0 Å². The molecule has 0 spiro atoms. The van der Waals surface area contributed by atoms with Crippen LogP contribution in [0.15, 0.2) is 12.1 Å². The highest BCUT2D eigenvalue weighted by atomic mass is 16.5. The van der Waals surface area contributed by atoms with Gasteiger partial charge in [-0.15, -0.1) is 0 Å². The van der Waals surface area contributed by atoms with Gasteiger partial charge in [-0.3, -0.25) is 4.79 Å². The van der Waals surface area contributed by atoms with E-state index in [-0.39, 0.29) is 11.9 Å². The highest BCUT2D eigenvalue weighted by Crippen LogP contribution is 2.39. The molecule has 0 N–H and O–H groups in total. The van der Waals surface area contributed by atoms with Gasteiger partial charge < -0.3 is 19.1 Å². The number of carbonyl (C=O) groups is 1. The highest BCUT2D eigenvalue weighted by molar-refractivity contribution is 5.95. The van der Waals surface area contributed by atoms with Crippen molar-refractivity contribution < 1.29 is 19.0 Å². The summed E-state index contributed by atoms with van der Waals surface area (Å²) in [4.78, 5) is 14.4. The lowest BCUT2D eigenvalue weighted by Crippen LogP contribution is -2.34. The van der Waals surface area contributed by atoms with E-state index in [0.717, 1.165) is 6.42 Å². The number of rotatable bonds is 9. The Labute approximate surface area is 139 Å². The topological polar surface area (TPSA) is 48.0 Å². The molecule has 0 aliphatic heterocycles. The molecular weight excluding hydrogens is 294 g/mol. The van der Waals surface area contributed by atoms with E-state index in [1.165, 1.54) is 0 Å². The molecule has 0 bridgehead atoms. The van der Waals surface area contributed by atoms with Gasteiger partial charge >= 0.3 is 0 Å². The molecule has 1 rings (SSSR count). The summed E-state index contributed by atoms with van der Waals surface area (Å²) in [6, 6.07) is 3.64. The minimum Gasteiger partial charge on any atom is -0.490 e. The molecule has 5 heteroatoms. The van der Waals surface area contributed by atoms with E-state index in [1.54, 1.807) is 17.0 Å². The van der Waals surface area contributed by atoms with Crippen LogP contribution in [0.25, 0.3) is 0 Å². The Bertz CT molecular complexity index is 489. The summed E-state index contributed by atoms with van der Waals surface area (Å²) in [5.74, 6) is 1.59. The maximum Gasteiger partial charge on any atom is 0.254 e. The largest absolute Gasteiger partial charge is 0.490 e. The maximum absolute atomic E-state index is 12.7. The summed E-state index contributed by atoms with van der Waals surface area (Å²) in [5.41, 5.74) is 0.545. The molecule has 1 atom stereocenters. The minimum atomic E-state index is -0.0516. The molecule has 0 fully saturated rings. The molecule has 0 saturated carbocycles. The zero-order valence-corrected chi connectivity index (χ0v) is 15.1. The third kappa shape index (κ3) is 4.78. The molecule has 0 radical (unpaired) electrons. The zero-order valence-electron chi connectivity index (χ0n) is 15.1. The van der Waals surface area contributed by atoms with Crippen LogP contribution in [0.3, 0.4) is 0 Å². The first kappa shape index (κ1) is 19.1. The van der Waals surface area contributed by atoms with Crippen LogP contribution in [-0.4, -0.2) is 43.7 Å². The molecule has 130 valence electrons. The van der Waals surface area contributed by atoms with Crippen LogP contribution in [0.2, 0.25) is 0 Å². The maximum atomic E-state index is 12.7. The molecule has 0 heterocycles. The number of hydrogen-bond acceptors (Lipinski definition) is 4. The van der Waals surface area contributed by atoms with E-state index in [9.17, 15) is 4.79 Å². The van der Waals surface area contributed by atoms with E-state index in [4.69, 9.17) is 14.2 Å². The van der Waals surface area contributed by atoms with E-state index in [1.807, 2.05) is 34.7 Å². The van der Waals surface area contributed by atoms with Gasteiger partial charge in [0.15, 0.2) is 11.5 Å². The Hall–Kier alpha value is -1.91. The second-order valence-electron chi connectivity index (χ2n) is 5.27. The fourth-order valence-corrected chi connectivity index (χ4v) is 2.19. The molecule has 0 aliphatic rings. The third-order valence-electron chi connectivity index (χ3n) is 3.73. The van der Waals surface area contributed by atoms with Crippen molar-refractivity contribution in [2.45, 2.75) is 47.1 Å². The standard InChI is InChI=1S/C18H29NO4/c1-7-13(5)19(6)18(20)14-11-15(21-8-2)17(23-10-4)16(12-14)22-9-3/h11-13H,7-10H2,1-6H3. The minimum absolute atomic E-state index is 0.0516. The highest BCUT2D eigenvalue weighted by Gasteiger charge is 2.22. The summed E-state index contributed by atoms with van der Waals surface area (Å²) in [5, 5.41) is 0. The van der Waals surface area contributed by atoms with E-state index in [0.29, 0.717) is 42.6 Å².